The predicted octanol–water partition coefficient (Wildman–Crippen LogP) is 2.77. The molecule has 0 bridgehead atoms. The Morgan fingerprint density at radius 2 is 1.82 bits per heavy atom. The maximum absolute atomic E-state index is 4.32. The molecule has 90 valence electrons. The Bertz CT molecular complexity index is 497. The summed E-state index contributed by atoms with van der Waals surface area (Å²) in [5.74, 6) is 0. The first kappa shape index (κ1) is 11.9. The SMILES string of the molecule is CNC(C)c1ccc(-n2cnc(C)c2C)cc1. The van der Waals surface area contributed by atoms with Gasteiger partial charge in [-0.15, -0.1) is 0 Å². The van der Waals surface area contributed by atoms with E-state index in [-0.39, 0.29) is 0 Å². The van der Waals surface area contributed by atoms with Gasteiger partial charge in [0.25, 0.3) is 0 Å². The van der Waals surface area contributed by atoms with Crippen molar-refractivity contribution in [1.82, 2.24) is 14.9 Å². The number of benzene rings is 1. The van der Waals surface area contributed by atoms with Crippen LogP contribution in [0.5, 0.6) is 0 Å². The highest BCUT2D eigenvalue weighted by molar-refractivity contribution is 5.38. The zero-order valence-corrected chi connectivity index (χ0v) is 10.9. The first-order valence-corrected chi connectivity index (χ1v) is 5.91. The summed E-state index contributed by atoms with van der Waals surface area (Å²) in [4.78, 5) is 4.32. The second-order valence-corrected chi connectivity index (χ2v) is 4.39. The molecule has 1 aromatic heterocycles. The third-order valence-corrected chi connectivity index (χ3v) is 3.36. The predicted molar refractivity (Wildman–Crippen MR) is 70.5 cm³/mol. The molecule has 0 amide bonds. The normalized spacial score (nSPS) is 12.7. The zero-order chi connectivity index (χ0) is 12.4. The van der Waals surface area contributed by atoms with Crippen LogP contribution < -0.4 is 5.32 Å². The van der Waals surface area contributed by atoms with Crippen molar-refractivity contribution in [2.24, 2.45) is 0 Å². The minimum Gasteiger partial charge on any atom is -0.313 e. The van der Waals surface area contributed by atoms with E-state index >= 15 is 0 Å². The Hall–Kier alpha value is -1.61. The highest BCUT2D eigenvalue weighted by atomic mass is 15.1. The Labute approximate surface area is 103 Å². The average molecular weight is 229 g/mol. The average Bonchev–Trinajstić information content (AvgIpc) is 2.69. The van der Waals surface area contributed by atoms with Crippen LogP contribution in [0.4, 0.5) is 0 Å². The molecule has 1 unspecified atom stereocenters. The van der Waals surface area contributed by atoms with Gasteiger partial charge >= 0.3 is 0 Å². The van der Waals surface area contributed by atoms with Crippen molar-refractivity contribution < 1.29 is 0 Å². The fourth-order valence-electron chi connectivity index (χ4n) is 1.85. The third kappa shape index (κ3) is 2.24. The third-order valence-electron chi connectivity index (χ3n) is 3.36. The fraction of sp³-hybridized carbons (Fsp3) is 0.357. The number of rotatable bonds is 3. The number of nitrogens with zero attached hydrogens (tertiary/aromatic N) is 2. The molecule has 2 aromatic rings. The molecule has 17 heavy (non-hydrogen) atoms. The van der Waals surface area contributed by atoms with Gasteiger partial charge in [0.2, 0.25) is 0 Å². The first-order valence-electron chi connectivity index (χ1n) is 5.91. The molecule has 1 aromatic carbocycles. The maximum Gasteiger partial charge on any atom is 0.0997 e. The minimum atomic E-state index is 0.384. The topological polar surface area (TPSA) is 29.9 Å². The lowest BCUT2D eigenvalue weighted by atomic mass is 10.1. The van der Waals surface area contributed by atoms with Crippen molar-refractivity contribution >= 4 is 0 Å². The lowest BCUT2D eigenvalue weighted by Gasteiger charge is -2.12. The summed E-state index contributed by atoms with van der Waals surface area (Å²) >= 11 is 0. The van der Waals surface area contributed by atoms with Crippen LogP contribution in [-0.4, -0.2) is 16.6 Å². The lowest BCUT2D eigenvalue weighted by Crippen LogP contribution is -2.12. The summed E-state index contributed by atoms with van der Waals surface area (Å²) in [5.41, 5.74) is 4.73. The highest BCUT2D eigenvalue weighted by Crippen LogP contribution is 2.17. The van der Waals surface area contributed by atoms with E-state index in [1.165, 1.54) is 11.3 Å². The van der Waals surface area contributed by atoms with E-state index in [2.05, 4.69) is 53.0 Å². The van der Waals surface area contributed by atoms with Crippen LogP contribution in [0.15, 0.2) is 30.6 Å². The molecule has 3 nitrogen and oxygen atoms in total. The van der Waals surface area contributed by atoms with Crippen LogP contribution >= 0.6 is 0 Å². The van der Waals surface area contributed by atoms with Crippen molar-refractivity contribution in [2.45, 2.75) is 26.8 Å². The summed E-state index contributed by atoms with van der Waals surface area (Å²) in [5, 5.41) is 3.24. The van der Waals surface area contributed by atoms with Gasteiger partial charge in [0.05, 0.1) is 12.0 Å². The van der Waals surface area contributed by atoms with Gasteiger partial charge in [0, 0.05) is 17.4 Å². The Morgan fingerprint density at radius 3 is 2.29 bits per heavy atom. The largest absolute Gasteiger partial charge is 0.313 e. The molecule has 1 atom stereocenters. The quantitative estimate of drug-likeness (QED) is 0.877. The van der Waals surface area contributed by atoms with Gasteiger partial charge in [0.1, 0.15) is 0 Å². The monoisotopic (exact) mass is 229 g/mol. The van der Waals surface area contributed by atoms with Gasteiger partial charge in [-0.1, -0.05) is 12.1 Å². The first-order chi connectivity index (χ1) is 8.13. The Morgan fingerprint density at radius 1 is 1.18 bits per heavy atom. The molecule has 0 aliphatic carbocycles. The van der Waals surface area contributed by atoms with Gasteiger partial charge in [-0.3, -0.25) is 0 Å². The second kappa shape index (κ2) is 4.72. The molecule has 2 rings (SSSR count). The molecular weight excluding hydrogens is 210 g/mol. The summed E-state index contributed by atoms with van der Waals surface area (Å²) < 4.78 is 2.11. The zero-order valence-electron chi connectivity index (χ0n) is 10.9. The number of hydrogen-bond acceptors (Lipinski definition) is 2. The van der Waals surface area contributed by atoms with Gasteiger partial charge < -0.3 is 9.88 Å². The van der Waals surface area contributed by atoms with Crippen LogP contribution in [0.1, 0.15) is 29.9 Å². The molecule has 0 spiro atoms. The molecule has 3 heteroatoms. The van der Waals surface area contributed by atoms with Crippen molar-refractivity contribution in [3.8, 4) is 5.69 Å². The van der Waals surface area contributed by atoms with Crippen LogP contribution in [0.25, 0.3) is 5.69 Å². The maximum atomic E-state index is 4.32. The number of aromatic nitrogens is 2. The number of hydrogen-bond donors (Lipinski definition) is 1. The highest BCUT2D eigenvalue weighted by Gasteiger charge is 2.05. The van der Waals surface area contributed by atoms with E-state index in [1.807, 2.05) is 20.3 Å². The van der Waals surface area contributed by atoms with E-state index < -0.39 is 0 Å². The van der Waals surface area contributed by atoms with E-state index in [0.29, 0.717) is 6.04 Å². The Balaban J connectivity index is 2.32. The summed E-state index contributed by atoms with van der Waals surface area (Å²) in [6, 6.07) is 8.97. The van der Waals surface area contributed by atoms with E-state index in [1.54, 1.807) is 0 Å². The van der Waals surface area contributed by atoms with Crippen LogP contribution in [0.2, 0.25) is 0 Å². The molecule has 0 saturated carbocycles. The van der Waals surface area contributed by atoms with Gasteiger partial charge in [-0.2, -0.15) is 0 Å². The number of nitrogens with one attached hydrogen (secondary N) is 1. The molecular formula is C14H19N3. The van der Waals surface area contributed by atoms with E-state index in [4.69, 9.17) is 0 Å². The van der Waals surface area contributed by atoms with Crippen LogP contribution in [0.3, 0.4) is 0 Å². The molecule has 0 fully saturated rings. The Kier molecular flexibility index (Phi) is 3.29. The molecule has 0 saturated heterocycles. The fourth-order valence-corrected chi connectivity index (χ4v) is 1.85. The molecule has 1 heterocycles. The summed E-state index contributed by atoms with van der Waals surface area (Å²) in [6.45, 7) is 6.28. The molecule has 0 radical (unpaired) electrons. The lowest BCUT2D eigenvalue weighted by molar-refractivity contribution is 0.652. The standard InChI is InChI=1S/C14H19N3/c1-10-12(3)17(9-16-10)14-7-5-13(6-8-14)11(2)15-4/h5-9,11,15H,1-4H3. The number of aryl methyl sites for hydroxylation is 1. The van der Waals surface area contributed by atoms with Crippen molar-refractivity contribution in [3.63, 3.8) is 0 Å². The van der Waals surface area contributed by atoms with Crippen molar-refractivity contribution in [2.75, 3.05) is 7.05 Å². The molecule has 1 N–H and O–H groups in total. The van der Waals surface area contributed by atoms with E-state index in [9.17, 15) is 0 Å². The van der Waals surface area contributed by atoms with Crippen molar-refractivity contribution in [1.29, 1.82) is 0 Å². The summed E-state index contributed by atoms with van der Waals surface area (Å²) in [6.07, 6.45) is 1.88. The molecule has 0 aliphatic heterocycles. The number of imidazole rings is 1. The smallest absolute Gasteiger partial charge is 0.0997 e. The van der Waals surface area contributed by atoms with Gasteiger partial charge in [0.15, 0.2) is 0 Å². The van der Waals surface area contributed by atoms with Crippen LogP contribution in [-0.2, 0) is 0 Å². The molecule has 0 aliphatic rings. The summed E-state index contributed by atoms with van der Waals surface area (Å²) in [7, 11) is 1.97. The second-order valence-electron chi connectivity index (χ2n) is 4.39. The minimum absolute atomic E-state index is 0.384. The van der Waals surface area contributed by atoms with Crippen molar-refractivity contribution in [3.05, 3.63) is 47.5 Å². The van der Waals surface area contributed by atoms with Crippen LogP contribution in [0, 0.1) is 13.8 Å². The van der Waals surface area contributed by atoms with Gasteiger partial charge in [-0.25, -0.2) is 4.98 Å². The van der Waals surface area contributed by atoms with Gasteiger partial charge in [-0.05, 0) is 45.5 Å². The van der Waals surface area contributed by atoms with E-state index in [0.717, 1.165) is 11.4 Å².